The van der Waals surface area contributed by atoms with Gasteiger partial charge in [0.2, 0.25) is 0 Å². The SMILES string of the molecule is O=C(Nc1ccc(CCO)cc1)c1cc(F)ccc1F. The quantitative estimate of drug-likeness (QED) is 0.902. The van der Waals surface area contributed by atoms with Crippen molar-refractivity contribution >= 4 is 11.6 Å². The minimum Gasteiger partial charge on any atom is -0.396 e. The lowest BCUT2D eigenvalue weighted by molar-refractivity contribution is 0.102. The Morgan fingerprint density at radius 2 is 1.80 bits per heavy atom. The third-order valence-corrected chi connectivity index (χ3v) is 2.79. The number of aliphatic hydroxyl groups is 1. The first-order valence-electron chi connectivity index (χ1n) is 6.06. The summed E-state index contributed by atoms with van der Waals surface area (Å²) >= 11 is 0. The van der Waals surface area contributed by atoms with Crippen molar-refractivity contribution in [2.75, 3.05) is 11.9 Å². The van der Waals surface area contributed by atoms with Crippen molar-refractivity contribution in [2.24, 2.45) is 0 Å². The van der Waals surface area contributed by atoms with Crippen LogP contribution in [-0.4, -0.2) is 17.6 Å². The van der Waals surface area contributed by atoms with Crippen LogP contribution in [0.1, 0.15) is 15.9 Å². The summed E-state index contributed by atoms with van der Waals surface area (Å²) in [5.74, 6) is -2.16. The Labute approximate surface area is 114 Å². The molecule has 0 saturated carbocycles. The summed E-state index contributed by atoms with van der Waals surface area (Å²) in [7, 11) is 0. The van der Waals surface area contributed by atoms with Gasteiger partial charge in [-0.15, -0.1) is 0 Å². The molecule has 0 aliphatic heterocycles. The van der Waals surface area contributed by atoms with E-state index in [1.807, 2.05) is 0 Å². The molecule has 0 fully saturated rings. The summed E-state index contributed by atoms with van der Waals surface area (Å²) in [6.07, 6.45) is 0.521. The Bertz CT molecular complexity index is 612. The number of carbonyl (C=O) groups excluding carboxylic acids is 1. The molecule has 0 atom stereocenters. The number of hydrogen-bond acceptors (Lipinski definition) is 2. The maximum absolute atomic E-state index is 13.4. The van der Waals surface area contributed by atoms with Crippen molar-refractivity contribution in [3.05, 3.63) is 65.2 Å². The Morgan fingerprint density at radius 1 is 1.10 bits per heavy atom. The van der Waals surface area contributed by atoms with Crippen LogP contribution in [0.3, 0.4) is 0 Å². The lowest BCUT2D eigenvalue weighted by atomic mass is 10.1. The van der Waals surface area contributed by atoms with Gasteiger partial charge in [-0.3, -0.25) is 4.79 Å². The van der Waals surface area contributed by atoms with Crippen LogP contribution < -0.4 is 5.32 Å². The summed E-state index contributed by atoms with van der Waals surface area (Å²) in [4.78, 5) is 11.8. The third-order valence-electron chi connectivity index (χ3n) is 2.79. The van der Waals surface area contributed by atoms with E-state index in [2.05, 4.69) is 5.32 Å². The van der Waals surface area contributed by atoms with Gasteiger partial charge < -0.3 is 10.4 Å². The Morgan fingerprint density at radius 3 is 2.45 bits per heavy atom. The number of aliphatic hydroxyl groups excluding tert-OH is 1. The highest BCUT2D eigenvalue weighted by Gasteiger charge is 2.12. The first kappa shape index (κ1) is 14.1. The lowest BCUT2D eigenvalue weighted by Gasteiger charge is -2.07. The maximum atomic E-state index is 13.4. The van der Waals surface area contributed by atoms with Crippen LogP contribution in [0.4, 0.5) is 14.5 Å². The van der Waals surface area contributed by atoms with Crippen molar-refractivity contribution in [1.29, 1.82) is 0 Å². The number of hydrogen-bond donors (Lipinski definition) is 2. The van der Waals surface area contributed by atoms with Gasteiger partial charge in [0.15, 0.2) is 0 Å². The van der Waals surface area contributed by atoms with Gasteiger partial charge in [-0.05, 0) is 42.3 Å². The van der Waals surface area contributed by atoms with E-state index in [-0.39, 0.29) is 12.2 Å². The summed E-state index contributed by atoms with van der Waals surface area (Å²) in [5.41, 5.74) is 1.05. The molecule has 3 nitrogen and oxygen atoms in total. The first-order valence-corrected chi connectivity index (χ1v) is 6.06. The second-order valence-electron chi connectivity index (χ2n) is 4.25. The van der Waals surface area contributed by atoms with Crippen molar-refractivity contribution in [3.8, 4) is 0 Å². The van der Waals surface area contributed by atoms with Crippen LogP contribution in [0.2, 0.25) is 0 Å². The van der Waals surface area contributed by atoms with Crippen LogP contribution in [0.5, 0.6) is 0 Å². The van der Waals surface area contributed by atoms with Crippen LogP contribution in [0.25, 0.3) is 0 Å². The molecule has 0 heterocycles. The zero-order chi connectivity index (χ0) is 14.5. The smallest absolute Gasteiger partial charge is 0.258 e. The fraction of sp³-hybridized carbons (Fsp3) is 0.133. The zero-order valence-corrected chi connectivity index (χ0v) is 10.6. The number of amides is 1. The highest BCUT2D eigenvalue weighted by atomic mass is 19.1. The van der Waals surface area contributed by atoms with E-state index in [0.29, 0.717) is 12.1 Å². The number of halogens is 2. The standard InChI is InChI=1S/C15H13F2NO2/c16-11-3-6-14(17)13(9-11)15(20)18-12-4-1-10(2-5-12)7-8-19/h1-6,9,19H,7-8H2,(H,18,20). The molecule has 2 aromatic carbocycles. The van der Waals surface area contributed by atoms with Crippen LogP contribution >= 0.6 is 0 Å². The lowest BCUT2D eigenvalue weighted by Crippen LogP contribution is -2.14. The summed E-state index contributed by atoms with van der Waals surface area (Å²) in [6, 6.07) is 9.48. The highest BCUT2D eigenvalue weighted by molar-refractivity contribution is 6.04. The topological polar surface area (TPSA) is 49.3 Å². The Balaban J connectivity index is 2.13. The molecule has 2 rings (SSSR count). The predicted octanol–water partition coefficient (Wildman–Crippen LogP) is 2.75. The van der Waals surface area contributed by atoms with Crippen molar-refractivity contribution in [1.82, 2.24) is 0 Å². The molecule has 0 aromatic heterocycles. The summed E-state index contributed by atoms with van der Waals surface area (Å²) in [5, 5.41) is 11.3. The first-order chi connectivity index (χ1) is 9.60. The molecule has 0 saturated heterocycles. The van der Waals surface area contributed by atoms with Gasteiger partial charge in [0.05, 0.1) is 5.56 Å². The molecule has 20 heavy (non-hydrogen) atoms. The molecule has 0 radical (unpaired) electrons. The van der Waals surface area contributed by atoms with E-state index < -0.39 is 17.5 Å². The molecule has 2 aromatic rings. The monoisotopic (exact) mass is 277 g/mol. The highest BCUT2D eigenvalue weighted by Crippen LogP contribution is 2.14. The fourth-order valence-corrected chi connectivity index (χ4v) is 1.75. The second-order valence-corrected chi connectivity index (χ2v) is 4.25. The Hall–Kier alpha value is -2.27. The van der Waals surface area contributed by atoms with E-state index in [1.165, 1.54) is 0 Å². The average molecular weight is 277 g/mol. The summed E-state index contributed by atoms with van der Waals surface area (Å²) in [6.45, 7) is 0.0419. The van der Waals surface area contributed by atoms with Gasteiger partial charge in [0.25, 0.3) is 5.91 Å². The molecule has 104 valence electrons. The molecular weight excluding hydrogens is 264 g/mol. The van der Waals surface area contributed by atoms with E-state index in [9.17, 15) is 13.6 Å². The number of anilines is 1. The number of carbonyl (C=O) groups is 1. The van der Waals surface area contributed by atoms with Gasteiger partial charge in [-0.25, -0.2) is 8.78 Å². The van der Waals surface area contributed by atoms with Crippen LogP contribution in [0, 0.1) is 11.6 Å². The number of benzene rings is 2. The molecular formula is C15H13F2NO2. The number of rotatable bonds is 4. The van der Waals surface area contributed by atoms with Crippen molar-refractivity contribution < 1.29 is 18.7 Å². The van der Waals surface area contributed by atoms with E-state index in [0.717, 1.165) is 23.8 Å². The second kappa shape index (κ2) is 6.25. The maximum Gasteiger partial charge on any atom is 0.258 e. The Kier molecular flexibility index (Phi) is 4.42. The van der Waals surface area contributed by atoms with Crippen molar-refractivity contribution in [2.45, 2.75) is 6.42 Å². The minimum atomic E-state index is -0.777. The molecule has 0 aliphatic rings. The molecule has 1 amide bonds. The molecule has 0 unspecified atom stereocenters. The number of nitrogens with one attached hydrogen (secondary N) is 1. The van der Waals surface area contributed by atoms with Crippen LogP contribution in [0.15, 0.2) is 42.5 Å². The van der Waals surface area contributed by atoms with Gasteiger partial charge >= 0.3 is 0 Å². The molecule has 2 N–H and O–H groups in total. The van der Waals surface area contributed by atoms with Gasteiger partial charge in [-0.1, -0.05) is 12.1 Å². The van der Waals surface area contributed by atoms with Gasteiger partial charge in [0.1, 0.15) is 11.6 Å². The van der Waals surface area contributed by atoms with Gasteiger partial charge in [0, 0.05) is 12.3 Å². The normalized spacial score (nSPS) is 10.3. The molecule has 0 bridgehead atoms. The molecule has 0 spiro atoms. The van der Waals surface area contributed by atoms with E-state index in [4.69, 9.17) is 5.11 Å². The minimum absolute atomic E-state index is 0.0419. The zero-order valence-electron chi connectivity index (χ0n) is 10.6. The van der Waals surface area contributed by atoms with E-state index >= 15 is 0 Å². The van der Waals surface area contributed by atoms with Gasteiger partial charge in [-0.2, -0.15) is 0 Å². The molecule has 5 heteroatoms. The third kappa shape index (κ3) is 3.39. The summed E-state index contributed by atoms with van der Waals surface area (Å²) < 4.78 is 26.4. The van der Waals surface area contributed by atoms with Crippen molar-refractivity contribution in [3.63, 3.8) is 0 Å². The predicted molar refractivity (Wildman–Crippen MR) is 71.5 cm³/mol. The van der Waals surface area contributed by atoms with E-state index in [1.54, 1.807) is 24.3 Å². The fourth-order valence-electron chi connectivity index (χ4n) is 1.75. The molecule has 0 aliphatic carbocycles. The largest absolute Gasteiger partial charge is 0.396 e. The average Bonchev–Trinajstić information content (AvgIpc) is 2.44. The van der Waals surface area contributed by atoms with Crippen LogP contribution in [-0.2, 0) is 6.42 Å².